The molecule has 2 aromatic heterocycles. The highest BCUT2D eigenvalue weighted by Crippen LogP contribution is 2.18. The molecule has 0 saturated carbocycles. The van der Waals surface area contributed by atoms with Gasteiger partial charge in [0.2, 0.25) is 0 Å². The normalized spacial score (nSPS) is 12.7. The molecule has 0 amide bonds. The summed E-state index contributed by atoms with van der Waals surface area (Å²) in [6.45, 7) is 2.03. The molecule has 0 spiro atoms. The minimum absolute atomic E-state index is 0.00667. The van der Waals surface area contributed by atoms with Crippen LogP contribution in [0.5, 0.6) is 0 Å². The fourth-order valence-electron chi connectivity index (χ4n) is 1.84. The highest BCUT2D eigenvalue weighted by Gasteiger charge is 2.10. The van der Waals surface area contributed by atoms with E-state index in [9.17, 15) is 0 Å². The van der Waals surface area contributed by atoms with Crippen molar-refractivity contribution in [1.29, 1.82) is 0 Å². The van der Waals surface area contributed by atoms with Gasteiger partial charge in [-0.05, 0) is 36.1 Å². The Hall–Kier alpha value is -1.68. The number of nitrogens with zero attached hydrogens (tertiary/aromatic N) is 3. The molecule has 0 aromatic carbocycles. The smallest absolute Gasteiger partial charge is 0.0522 e. The van der Waals surface area contributed by atoms with Crippen LogP contribution < -0.4 is 5.73 Å². The maximum absolute atomic E-state index is 6.17. The second-order valence-corrected chi connectivity index (χ2v) is 4.07. The highest BCUT2D eigenvalue weighted by atomic mass is 15.2. The minimum Gasteiger partial charge on any atom is -0.324 e. The first-order valence-electron chi connectivity index (χ1n) is 5.30. The zero-order valence-corrected chi connectivity index (χ0v) is 9.59. The third kappa shape index (κ3) is 2.28. The van der Waals surface area contributed by atoms with Crippen molar-refractivity contribution in [2.75, 3.05) is 0 Å². The molecule has 0 aliphatic rings. The second kappa shape index (κ2) is 4.45. The van der Waals surface area contributed by atoms with Crippen molar-refractivity contribution in [2.24, 2.45) is 12.8 Å². The number of rotatable bonds is 3. The number of hydrogen-bond donors (Lipinski definition) is 1. The van der Waals surface area contributed by atoms with Gasteiger partial charge in [0.25, 0.3) is 0 Å². The monoisotopic (exact) mass is 216 g/mol. The van der Waals surface area contributed by atoms with Gasteiger partial charge in [0, 0.05) is 31.7 Å². The van der Waals surface area contributed by atoms with Crippen LogP contribution in [0, 0.1) is 6.92 Å². The van der Waals surface area contributed by atoms with Gasteiger partial charge < -0.3 is 5.73 Å². The van der Waals surface area contributed by atoms with Crippen LogP contribution in [0.3, 0.4) is 0 Å². The predicted molar refractivity (Wildman–Crippen MR) is 62.8 cm³/mol. The lowest BCUT2D eigenvalue weighted by Gasteiger charge is -2.12. The summed E-state index contributed by atoms with van der Waals surface area (Å²) in [6, 6.07) is 1.99. The zero-order chi connectivity index (χ0) is 11.5. The van der Waals surface area contributed by atoms with Gasteiger partial charge in [-0.15, -0.1) is 0 Å². The third-order valence-electron chi connectivity index (χ3n) is 2.68. The average molecular weight is 216 g/mol. The zero-order valence-electron chi connectivity index (χ0n) is 9.59. The van der Waals surface area contributed by atoms with Gasteiger partial charge >= 0.3 is 0 Å². The summed E-state index contributed by atoms with van der Waals surface area (Å²) in [6.07, 6.45) is 8.29. The highest BCUT2D eigenvalue weighted by molar-refractivity contribution is 5.26. The Labute approximate surface area is 95.1 Å². The van der Waals surface area contributed by atoms with Gasteiger partial charge in [-0.1, -0.05) is 0 Å². The fraction of sp³-hybridized carbons (Fsp3) is 0.333. The van der Waals surface area contributed by atoms with Gasteiger partial charge in [-0.2, -0.15) is 5.10 Å². The number of aryl methyl sites for hydroxylation is 2. The quantitative estimate of drug-likeness (QED) is 0.843. The maximum Gasteiger partial charge on any atom is 0.0522 e. The summed E-state index contributed by atoms with van der Waals surface area (Å²) in [7, 11) is 1.91. The molecule has 0 aliphatic carbocycles. The SMILES string of the molecule is Cc1cnccc1C(N)Cc1cnn(C)c1. The van der Waals surface area contributed by atoms with Crippen LogP contribution in [-0.4, -0.2) is 14.8 Å². The Morgan fingerprint density at radius 2 is 2.25 bits per heavy atom. The van der Waals surface area contributed by atoms with Gasteiger partial charge in [-0.3, -0.25) is 9.67 Å². The molecule has 4 heteroatoms. The summed E-state index contributed by atoms with van der Waals surface area (Å²) in [5.41, 5.74) is 9.62. The van der Waals surface area contributed by atoms with Crippen molar-refractivity contribution in [1.82, 2.24) is 14.8 Å². The number of hydrogen-bond acceptors (Lipinski definition) is 3. The maximum atomic E-state index is 6.17. The first-order chi connectivity index (χ1) is 7.66. The molecule has 0 fully saturated rings. The van der Waals surface area contributed by atoms with E-state index in [0.717, 1.165) is 23.1 Å². The summed E-state index contributed by atoms with van der Waals surface area (Å²) < 4.78 is 1.79. The first kappa shape index (κ1) is 10.8. The van der Waals surface area contributed by atoms with Crippen LogP contribution in [0.2, 0.25) is 0 Å². The molecule has 16 heavy (non-hydrogen) atoms. The van der Waals surface area contributed by atoms with E-state index < -0.39 is 0 Å². The van der Waals surface area contributed by atoms with E-state index in [0.29, 0.717) is 0 Å². The third-order valence-corrected chi connectivity index (χ3v) is 2.68. The van der Waals surface area contributed by atoms with Crippen LogP contribution in [0.25, 0.3) is 0 Å². The van der Waals surface area contributed by atoms with Crippen molar-refractivity contribution in [3.05, 3.63) is 47.5 Å². The van der Waals surface area contributed by atoms with E-state index in [-0.39, 0.29) is 6.04 Å². The van der Waals surface area contributed by atoms with E-state index in [2.05, 4.69) is 10.1 Å². The van der Waals surface area contributed by atoms with Crippen LogP contribution in [0.4, 0.5) is 0 Å². The lowest BCUT2D eigenvalue weighted by Crippen LogP contribution is -2.14. The number of pyridine rings is 1. The largest absolute Gasteiger partial charge is 0.324 e. The molecule has 0 aliphatic heterocycles. The van der Waals surface area contributed by atoms with Crippen LogP contribution in [-0.2, 0) is 13.5 Å². The second-order valence-electron chi connectivity index (χ2n) is 4.07. The Morgan fingerprint density at radius 1 is 1.44 bits per heavy atom. The molecule has 2 N–H and O–H groups in total. The summed E-state index contributed by atoms with van der Waals surface area (Å²) >= 11 is 0. The van der Waals surface area contributed by atoms with Crippen molar-refractivity contribution in [3.8, 4) is 0 Å². The molecule has 4 nitrogen and oxygen atoms in total. The molecule has 84 valence electrons. The molecule has 2 heterocycles. The standard InChI is InChI=1S/C12H16N4/c1-9-6-14-4-3-11(9)12(13)5-10-7-15-16(2)8-10/h3-4,6-8,12H,5,13H2,1-2H3. The van der Waals surface area contributed by atoms with E-state index in [4.69, 9.17) is 5.73 Å². The Kier molecular flexibility index (Phi) is 3.01. The first-order valence-corrected chi connectivity index (χ1v) is 5.30. The molecule has 0 saturated heterocycles. The van der Waals surface area contributed by atoms with Crippen LogP contribution in [0.1, 0.15) is 22.7 Å². The molecule has 1 unspecified atom stereocenters. The summed E-state index contributed by atoms with van der Waals surface area (Å²) in [5, 5.41) is 4.13. The van der Waals surface area contributed by atoms with Gasteiger partial charge in [0.1, 0.15) is 0 Å². The summed E-state index contributed by atoms with van der Waals surface area (Å²) in [5.74, 6) is 0. The van der Waals surface area contributed by atoms with Gasteiger partial charge in [-0.25, -0.2) is 0 Å². The molecule has 2 aromatic rings. The fourth-order valence-corrected chi connectivity index (χ4v) is 1.84. The minimum atomic E-state index is 0.00667. The van der Waals surface area contributed by atoms with Crippen LogP contribution in [0.15, 0.2) is 30.9 Å². The molecule has 0 bridgehead atoms. The van der Waals surface area contributed by atoms with Gasteiger partial charge in [0.15, 0.2) is 0 Å². The lowest BCUT2D eigenvalue weighted by molar-refractivity contribution is 0.712. The molecular formula is C12H16N4. The van der Waals surface area contributed by atoms with E-state index in [1.54, 1.807) is 10.9 Å². The lowest BCUT2D eigenvalue weighted by atomic mass is 9.99. The molecule has 0 radical (unpaired) electrons. The van der Waals surface area contributed by atoms with Crippen molar-refractivity contribution in [2.45, 2.75) is 19.4 Å². The van der Waals surface area contributed by atoms with E-state index >= 15 is 0 Å². The predicted octanol–water partition coefficient (Wildman–Crippen LogP) is 1.37. The Balaban J connectivity index is 2.14. The molecule has 2 rings (SSSR count). The van der Waals surface area contributed by atoms with E-state index in [1.165, 1.54) is 0 Å². The average Bonchev–Trinajstić information content (AvgIpc) is 2.64. The number of aromatic nitrogens is 3. The van der Waals surface area contributed by atoms with Gasteiger partial charge in [0.05, 0.1) is 6.20 Å². The Morgan fingerprint density at radius 3 is 2.88 bits per heavy atom. The van der Waals surface area contributed by atoms with Crippen molar-refractivity contribution < 1.29 is 0 Å². The van der Waals surface area contributed by atoms with Crippen molar-refractivity contribution in [3.63, 3.8) is 0 Å². The topological polar surface area (TPSA) is 56.7 Å². The molecular weight excluding hydrogens is 200 g/mol. The summed E-state index contributed by atoms with van der Waals surface area (Å²) in [4.78, 5) is 4.07. The van der Waals surface area contributed by atoms with E-state index in [1.807, 2.05) is 38.6 Å². The number of nitrogens with two attached hydrogens (primary N) is 1. The molecule has 1 atom stereocenters. The van der Waals surface area contributed by atoms with Crippen LogP contribution >= 0.6 is 0 Å². The Bertz CT molecular complexity index is 475. The van der Waals surface area contributed by atoms with Crippen molar-refractivity contribution >= 4 is 0 Å².